The van der Waals surface area contributed by atoms with Gasteiger partial charge in [0.2, 0.25) is 0 Å². The van der Waals surface area contributed by atoms with Gasteiger partial charge in [-0.25, -0.2) is 13.4 Å². The second-order valence-corrected chi connectivity index (χ2v) is 9.90. The molecule has 10 heteroatoms. The maximum absolute atomic E-state index is 13.5. The molecule has 2 aromatic heterocycles. The van der Waals surface area contributed by atoms with Crippen LogP contribution in [0.1, 0.15) is 28.7 Å². The van der Waals surface area contributed by atoms with Gasteiger partial charge >= 0.3 is 0 Å². The van der Waals surface area contributed by atoms with Gasteiger partial charge in [-0.2, -0.15) is 5.10 Å². The molecule has 9 nitrogen and oxygen atoms in total. The number of carbonyl (C=O) groups is 1. The molecule has 0 unspecified atom stereocenters. The van der Waals surface area contributed by atoms with Gasteiger partial charge in [-0.15, -0.1) is 0 Å². The summed E-state index contributed by atoms with van der Waals surface area (Å²) >= 11 is 0. The summed E-state index contributed by atoms with van der Waals surface area (Å²) < 4.78 is 35.3. The van der Waals surface area contributed by atoms with Gasteiger partial charge < -0.3 is 10.1 Å². The highest BCUT2D eigenvalue weighted by atomic mass is 32.2. The van der Waals surface area contributed by atoms with Crippen LogP contribution in [-0.4, -0.2) is 42.7 Å². The van der Waals surface area contributed by atoms with E-state index in [1.165, 1.54) is 29.6 Å². The Bertz CT molecular complexity index is 1510. The monoisotopic (exact) mass is 493 g/mol. The van der Waals surface area contributed by atoms with Gasteiger partial charge in [0.05, 0.1) is 40.0 Å². The van der Waals surface area contributed by atoms with Crippen molar-refractivity contribution >= 4 is 38.3 Å². The van der Waals surface area contributed by atoms with E-state index in [1.54, 1.807) is 55.9 Å². The van der Waals surface area contributed by atoms with Crippen molar-refractivity contribution < 1.29 is 17.9 Å². The van der Waals surface area contributed by atoms with E-state index in [0.29, 0.717) is 39.4 Å². The van der Waals surface area contributed by atoms with E-state index in [1.807, 2.05) is 13.0 Å². The third-order valence-electron chi connectivity index (χ3n) is 5.68. The maximum Gasteiger partial charge on any atom is 0.264 e. The Labute approximate surface area is 204 Å². The van der Waals surface area contributed by atoms with Gasteiger partial charge in [0.15, 0.2) is 5.65 Å². The van der Waals surface area contributed by atoms with Crippen LogP contribution in [0.3, 0.4) is 0 Å². The van der Waals surface area contributed by atoms with E-state index in [4.69, 9.17) is 4.74 Å². The van der Waals surface area contributed by atoms with E-state index in [-0.39, 0.29) is 17.1 Å². The van der Waals surface area contributed by atoms with Crippen LogP contribution in [0.2, 0.25) is 0 Å². The molecule has 0 aliphatic rings. The zero-order chi connectivity index (χ0) is 25.3. The highest BCUT2D eigenvalue weighted by Gasteiger charge is 2.26. The van der Waals surface area contributed by atoms with Crippen LogP contribution in [0, 0.1) is 13.8 Å². The number of rotatable bonds is 7. The minimum absolute atomic E-state index is 0.0351. The molecule has 1 N–H and O–H groups in total. The molecule has 1 amide bonds. The van der Waals surface area contributed by atoms with Crippen molar-refractivity contribution in [3.8, 4) is 5.75 Å². The Morgan fingerprint density at radius 2 is 1.83 bits per heavy atom. The van der Waals surface area contributed by atoms with Gasteiger partial charge in [-0.1, -0.05) is 18.2 Å². The topological polar surface area (TPSA) is 106 Å². The smallest absolute Gasteiger partial charge is 0.264 e. The van der Waals surface area contributed by atoms with Gasteiger partial charge in [-0.05, 0) is 57.2 Å². The lowest BCUT2D eigenvalue weighted by Crippen LogP contribution is -2.30. The Morgan fingerprint density at radius 1 is 1.11 bits per heavy atom. The summed E-state index contributed by atoms with van der Waals surface area (Å²) in [6.45, 7) is 5.63. The molecule has 0 aliphatic carbocycles. The molecule has 2 heterocycles. The van der Waals surface area contributed by atoms with Crippen LogP contribution in [0.5, 0.6) is 5.75 Å². The fourth-order valence-electron chi connectivity index (χ4n) is 4.10. The zero-order valence-electron chi connectivity index (χ0n) is 20.2. The molecule has 0 bridgehead atoms. The van der Waals surface area contributed by atoms with Crippen molar-refractivity contribution in [1.29, 1.82) is 0 Å². The summed E-state index contributed by atoms with van der Waals surface area (Å²) in [7, 11) is -0.663. The number of hydrogen-bond donors (Lipinski definition) is 1. The second kappa shape index (κ2) is 9.38. The van der Waals surface area contributed by atoms with Gasteiger partial charge in [0, 0.05) is 19.3 Å². The number of sulfonamides is 1. The molecule has 4 aromatic rings. The Morgan fingerprint density at radius 3 is 2.49 bits per heavy atom. The predicted octanol–water partition coefficient (Wildman–Crippen LogP) is 4.06. The number of aryl methyl sites for hydroxylation is 3. The summed E-state index contributed by atoms with van der Waals surface area (Å²) in [6, 6.07) is 15.0. The molecule has 2 aromatic carbocycles. The van der Waals surface area contributed by atoms with E-state index in [0.717, 1.165) is 0 Å². The average Bonchev–Trinajstić information content (AvgIpc) is 3.12. The van der Waals surface area contributed by atoms with Gasteiger partial charge in [0.1, 0.15) is 5.75 Å². The molecular weight excluding hydrogens is 466 g/mol. The maximum atomic E-state index is 13.5. The number of hydrogen-bond acceptors (Lipinski definition) is 6. The van der Waals surface area contributed by atoms with E-state index < -0.39 is 15.9 Å². The lowest BCUT2D eigenvalue weighted by molar-refractivity contribution is 0.102. The molecule has 182 valence electrons. The summed E-state index contributed by atoms with van der Waals surface area (Å²) in [4.78, 5) is 17.9. The number of pyridine rings is 1. The molecule has 4 rings (SSSR count). The number of nitrogens with one attached hydrogen (secondary N) is 1. The highest BCUT2D eigenvalue weighted by molar-refractivity contribution is 7.92. The van der Waals surface area contributed by atoms with Crippen molar-refractivity contribution in [2.24, 2.45) is 7.05 Å². The van der Waals surface area contributed by atoms with Crippen LogP contribution < -0.4 is 14.4 Å². The van der Waals surface area contributed by atoms with Crippen molar-refractivity contribution in [1.82, 2.24) is 14.8 Å². The van der Waals surface area contributed by atoms with Crippen LogP contribution in [0.4, 0.5) is 11.4 Å². The third-order valence-corrected chi connectivity index (χ3v) is 7.58. The fourth-order valence-corrected chi connectivity index (χ4v) is 5.60. The number of methoxy groups -OCH3 is 1. The van der Waals surface area contributed by atoms with Crippen molar-refractivity contribution in [2.45, 2.75) is 25.7 Å². The number of fused-ring (bicyclic) bond motifs is 1. The molecule has 0 spiro atoms. The fraction of sp³-hybridized carbons (Fsp3) is 0.240. The molecule has 0 radical (unpaired) electrons. The van der Waals surface area contributed by atoms with E-state index >= 15 is 0 Å². The highest BCUT2D eigenvalue weighted by Crippen LogP contribution is 2.32. The first-order chi connectivity index (χ1) is 16.7. The van der Waals surface area contributed by atoms with Crippen LogP contribution >= 0.6 is 0 Å². The lowest BCUT2D eigenvalue weighted by atomic mass is 10.1. The van der Waals surface area contributed by atoms with E-state index in [9.17, 15) is 13.2 Å². The Kier molecular flexibility index (Phi) is 6.49. The average molecular weight is 494 g/mol. The van der Waals surface area contributed by atoms with Gasteiger partial charge in [-0.3, -0.25) is 13.8 Å². The minimum atomic E-state index is -3.89. The third kappa shape index (κ3) is 4.44. The molecule has 0 saturated carbocycles. The molecule has 0 saturated heterocycles. The minimum Gasteiger partial charge on any atom is -0.495 e. The van der Waals surface area contributed by atoms with Crippen molar-refractivity contribution in [3.05, 3.63) is 71.5 Å². The van der Waals surface area contributed by atoms with Crippen LogP contribution in [-0.2, 0) is 17.1 Å². The van der Waals surface area contributed by atoms with Crippen molar-refractivity contribution in [3.63, 3.8) is 0 Å². The Hall–Kier alpha value is -3.92. The first-order valence-electron chi connectivity index (χ1n) is 11.1. The first kappa shape index (κ1) is 24.2. The molecule has 0 atom stereocenters. The van der Waals surface area contributed by atoms with E-state index in [2.05, 4.69) is 15.4 Å². The summed E-state index contributed by atoms with van der Waals surface area (Å²) in [5, 5.41) is 7.85. The molecule has 0 aliphatic heterocycles. The number of amides is 1. The predicted molar refractivity (Wildman–Crippen MR) is 136 cm³/mol. The van der Waals surface area contributed by atoms with Gasteiger partial charge in [0.25, 0.3) is 15.9 Å². The largest absolute Gasteiger partial charge is 0.495 e. The number of benzene rings is 2. The number of anilines is 2. The normalized spacial score (nSPS) is 11.5. The molecule has 0 fully saturated rings. The second-order valence-electron chi connectivity index (χ2n) is 8.04. The molecular formula is C25H27N5O4S. The summed E-state index contributed by atoms with van der Waals surface area (Å²) in [6.07, 6.45) is 0. The number of carbonyl (C=O) groups excluding carboxylic acids is 1. The summed E-state index contributed by atoms with van der Waals surface area (Å²) in [5.74, 6) is -0.0788. The standard InChI is InChI=1S/C25H27N5O4S/c1-6-30(18-10-8-7-9-11-18)35(32,33)19-12-13-22(34-5)21(15-19)27-25(31)20-14-16(2)26-24-23(20)17(3)28-29(24)4/h7-15H,6H2,1-5H3,(H,27,31). The number of nitrogens with zero attached hydrogens (tertiary/aromatic N) is 4. The molecule has 35 heavy (non-hydrogen) atoms. The van der Waals surface area contributed by atoms with Crippen LogP contribution in [0.25, 0.3) is 11.0 Å². The number of aromatic nitrogens is 3. The van der Waals surface area contributed by atoms with Crippen molar-refractivity contribution in [2.75, 3.05) is 23.3 Å². The number of para-hydroxylation sites is 1. The Balaban J connectivity index is 1.76. The first-order valence-corrected chi connectivity index (χ1v) is 12.5. The summed E-state index contributed by atoms with van der Waals surface area (Å²) in [5.41, 5.74) is 3.12. The number of ether oxygens (including phenoxy) is 1. The van der Waals surface area contributed by atoms with Crippen LogP contribution in [0.15, 0.2) is 59.5 Å². The quantitative estimate of drug-likeness (QED) is 0.416. The zero-order valence-corrected chi connectivity index (χ0v) is 21.0. The SMILES string of the molecule is CCN(c1ccccc1)S(=O)(=O)c1ccc(OC)c(NC(=O)c2cc(C)nc3c2c(C)nn3C)c1. The lowest BCUT2D eigenvalue weighted by Gasteiger charge is -2.23.